The molecule has 0 fully saturated rings. The van der Waals surface area contributed by atoms with Gasteiger partial charge in [0.2, 0.25) is 0 Å². The highest BCUT2D eigenvalue weighted by molar-refractivity contribution is 5.89. The number of carbonyl (C=O) groups excluding carboxylic acids is 2. The Morgan fingerprint density at radius 2 is 1.50 bits per heavy atom. The van der Waals surface area contributed by atoms with Gasteiger partial charge in [-0.15, -0.1) is 0 Å². The van der Waals surface area contributed by atoms with E-state index in [1.807, 2.05) is 20.8 Å². The third-order valence-electron chi connectivity index (χ3n) is 2.85. The molecular formula is C15H30N2O3. The zero-order valence-corrected chi connectivity index (χ0v) is 14.0. The first-order valence-corrected chi connectivity index (χ1v) is 7.04. The molecule has 0 heterocycles. The summed E-state index contributed by atoms with van der Waals surface area (Å²) < 4.78 is 5.29. The zero-order valence-electron chi connectivity index (χ0n) is 14.0. The Morgan fingerprint density at radius 1 is 1.05 bits per heavy atom. The molecule has 0 aliphatic rings. The van der Waals surface area contributed by atoms with Gasteiger partial charge in [-0.1, -0.05) is 20.8 Å². The molecule has 5 nitrogen and oxygen atoms in total. The first-order valence-electron chi connectivity index (χ1n) is 7.04. The van der Waals surface area contributed by atoms with Crippen LogP contribution in [0.5, 0.6) is 0 Å². The average Bonchev–Trinajstić information content (AvgIpc) is 2.23. The van der Waals surface area contributed by atoms with E-state index in [9.17, 15) is 9.59 Å². The molecule has 118 valence electrons. The maximum absolute atomic E-state index is 12.1. The summed E-state index contributed by atoms with van der Waals surface area (Å²) in [7, 11) is 0. The van der Waals surface area contributed by atoms with Gasteiger partial charge in [0.15, 0.2) is 5.78 Å². The number of hydrogen-bond acceptors (Lipinski definition) is 5. The Bertz CT molecular complexity index is 353. The smallest absolute Gasteiger partial charge is 0.323 e. The average molecular weight is 286 g/mol. The van der Waals surface area contributed by atoms with Crippen LogP contribution in [0.2, 0.25) is 0 Å². The Labute approximate surface area is 122 Å². The summed E-state index contributed by atoms with van der Waals surface area (Å²) in [5, 5.41) is 3.12. The van der Waals surface area contributed by atoms with Crippen molar-refractivity contribution in [2.24, 2.45) is 11.1 Å². The minimum Gasteiger partial charge on any atom is -0.459 e. The van der Waals surface area contributed by atoms with Gasteiger partial charge in [-0.3, -0.25) is 14.9 Å². The van der Waals surface area contributed by atoms with Gasteiger partial charge in [-0.2, -0.15) is 0 Å². The first-order chi connectivity index (χ1) is 8.75. The Morgan fingerprint density at radius 3 is 1.85 bits per heavy atom. The van der Waals surface area contributed by atoms with Crippen LogP contribution in [-0.4, -0.2) is 35.5 Å². The summed E-state index contributed by atoms with van der Waals surface area (Å²) in [5.41, 5.74) is 5.14. The third-order valence-corrected chi connectivity index (χ3v) is 2.85. The first kappa shape index (κ1) is 19.1. The SMILES string of the molecule is CC(NC(C)(C)C)C(=O)OC(C)C(N)C(=O)C(C)(C)C. The number of rotatable bonds is 5. The van der Waals surface area contributed by atoms with Crippen molar-refractivity contribution < 1.29 is 14.3 Å². The van der Waals surface area contributed by atoms with Crippen LogP contribution in [0.25, 0.3) is 0 Å². The molecule has 0 amide bonds. The number of Topliss-reactive ketones (excluding diaryl/α,β-unsaturated/α-hetero) is 1. The van der Waals surface area contributed by atoms with E-state index in [1.54, 1.807) is 34.6 Å². The summed E-state index contributed by atoms with van der Waals surface area (Å²) in [5.74, 6) is -0.515. The van der Waals surface area contributed by atoms with Gasteiger partial charge in [0, 0.05) is 11.0 Å². The number of hydrogen-bond donors (Lipinski definition) is 2. The minimum absolute atomic E-state index is 0.116. The number of carbonyl (C=O) groups is 2. The van der Waals surface area contributed by atoms with E-state index in [1.165, 1.54) is 0 Å². The van der Waals surface area contributed by atoms with Gasteiger partial charge in [0.1, 0.15) is 18.2 Å². The predicted molar refractivity (Wildman–Crippen MR) is 80.3 cm³/mol. The lowest BCUT2D eigenvalue weighted by Gasteiger charge is -2.29. The molecule has 3 atom stereocenters. The molecule has 0 aromatic heterocycles. The van der Waals surface area contributed by atoms with Crippen molar-refractivity contribution in [1.29, 1.82) is 0 Å². The lowest BCUT2D eigenvalue weighted by molar-refractivity contribution is -0.153. The molecule has 0 bridgehead atoms. The molecule has 0 rings (SSSR count). The van der Waals surface area contributed by atoms with Crippen LogP contribution in [0.15, 0.2) is 0 Å². The molecule has 0 saturated heterocycles. The van der Waals surface area contributed by atoms with Crippen molar-refractivity contribution in [3.05, 3.63) is 0 Å². The molecule has 0 spiro atoms. The predicted octanol–water partition coefficient (Wildman–Crippen LogP) is 1.64. The molecule has 0 saturated carbocycles. The van der Waals surface area contributed by atoms with Crippen molar-refractivity contribution in [1.82, 2.24) is 5.32 Å². The van der Waals surface area contributed by atoms with Crippen molar-refractivity contribution in [2.75, 3.05) is 0 Å². The number of ketones is 1. The van der Waals surface area contributed by atoms with Crippen LogP contribution in [0.1, 0.15) is 55.4 Å². The van der Waals surface area contributed by atoms with E-state index in [4.69, 9.17) is 10.5 Å². The molecule has 3 N–H and O–H groups in total. The fourth-order valence-corrected chi connectivity index (χ4v) is 1.78. The van der Waals surface area contributed by atoms with Gasteiger partial charge in [-0.05, 0) is 34.6 Å². The largest absolute Gasteiger partial charge is 0.459 e. The molecule has 0 aliphatic heterocycles. The van der Waals surface area contributed by atoms with E-state index >= 15 is 0 Å². The molecule has 3 unspecified atom stereocenters. The van der Waals surface area contributed by atoms with E-state index in [-0.39, 0.29) is 11.3 Å². The number of ether oxygens (including phenoxy) is 1. The van der Waals surface area contributed by atoms with Gasteiger partial charge in [0.05, 0.1) is 0 Å². The van der Waals surface area contributed by atoms with Crippen molar-refractivity contribution in [3.63, 3.8) is 0 Å². The lowest BCUT2D eigenvalue weighted by atomic mass is 9.85. The van der Waals surface area contributed by atoms with Crippen LogP contribution in [-0.2, 0) is 14.3 Å². The minimum atomic E-state index is -0.805. The number of esters is 1. The van der Waals surface area contributed by atoms with Crippen LogP contribution in [0.4, 0.5) is 0 Å². The van der Waals surface area contributed by atoms with Crippen LogP contribution < -0.4 is 11.1 Å². The number of nitrogens with one attached hydrogen (secondary N) is 1. The summed E-state index contributed by atoms with van der Waals surface area (Å²) in [6.07, 6.45) is -0.640. The van der Waals surface area contributed by atoms with Crippen LogP contribution in [0, 0.1) is 5.41 Å². The maximum atomic E-state index is 12.1. The summed E-state index contributed by atoms with van der Waals surface area (Å²) >= 11 is 0. The Balaban J connectivity index is 4.57. The molecule has 0 aromatic carbocycles. The van der Waals surface area contributed by atoms with E-state index in [2.05, 4.69) is 5.32 Å². The highest BCUT2D eigenvalue weighted by atomic mass is 16.5. The van der Waals surface area contributed by atoms with E-state index in [0.717, 1.165) is 0 Å². The highest BCUT2D eigenvalue weighted by Crippen LogP contribution is 2.18. The Kier molecular flexibility index (Phi) is 6.36. The molecule has 0 aliphatic carbocycles. The second-order valence-electron chi connectivity index (χ2n) is 7.40. The normalized spacial score (nSPS) is 17.2. The van der Waals surface area contributed by atoms with Gasteiger partial charge in [0.25, 0.3) is 0 Å². The third kappa shape index (κ3) is 6.48. The topological polar surface area (TPSA) is 81.4 Å². The zero-order chi connectivity index (χ0) is 16.3. The molecular weight excluding hydrogens is 256 g/mol. The van der Waals surface area contributed by atoms with Crippen LogP contribution >= 0.6 is 0 Å². The van der Waals surface area contributed by atoms with Gasteiger partial charge < -0.3 is 10.5 Å². The molecule has 20 heavy (non-hydrogen) atoms. The second kappa shape index (κ2) is 6.68. The van der Waals surface area contributed by atoms with Crippen molar-refractivity contribution >= 4 is 11.8 Å². The molecule has 0 radical (unpaired) electrons. The van der Waals surface area contributed by atoms with Gasteiger partial charge in [-0.25, -0.2) is 0 Å². The highest BCUT2D eigenvalue weighted by Gasteiger charge is 2.33. The van der Waals surface area contributed by atoms with E-state index in [0.29, 0.717) is 0 Å². The van der Waals surface area contributed by atoms with Crippen molar-refractivity contribution in [3.8, 4) is 0 Å². The molecule has 0 aromatic rings. The van der Waals surface area contributed by atoms with Gasteiger partial charge >= 0.3 is 5.97 Å². The number of nitrogens with two attached hydrogens (primary N) is 1. The maximum Gasteiger partial charge on any atom is 0.323 e. The monoisotopic (exact) mass is 286 g/mol. The summed E-state index contributed by atoms with van der Waals surface area (Å²) in [6, 6.07) is -1.25. The fraction of sp³-hybridized carbons (Fsp3) is 0.867. The lowest BCUT2D eigenvalue weighted by Crippen LogP contribution is -2.51. The summed E-state index contributed by atoms with van der Waals surface area (Å²) in [4.78, 5) is 24.0. The summed E-state index contributed by atoms with van der Waals surface area (Å²) in [6.45, 7) is 14.7. The standard InChI is InChI=1S/C15H30N2O3/c1-9(17-15(6,7)8)13(19)20-10(2)11(16)12(18)14(3,4)5/h9-11,17H,16H2,1-8H3. The van der Waals surface area contributed by atoms with Crippen LogP contribution in [0.3, 0.4) is 0 Å². The fourth-order valence-electron chi connectivity index (χ4n) is 1.78. The second-order valence-corrected chi connectivity index (χ2v) is 7.40. The van der Waals surface area contributed by atoms with E-state index < -0.39 is 29.6 Å². The molecule has 5 heteroatoms. The van der Waals surface area contributed by atoms with Crippen molar-refractivity contribution in [2.45, 2.75) is 79.1 Å². The Hall–Kier alpha value is -0.940. The quantitative estimate of drug-likeness (QED) is 0.751.